The molecule has 2 rings (SSSR count). The quantitative estimate of drug-likeness (QED) is 0.766. The average molecular weight is 282 g/mol. The fraction of sp³-hybridized carbons (Fsp3) is 0.600. The Morgan fingerprint density at radius 2 is 1.68 bits per heavy atom. The van der Waals surface area contributed by atoms with E-state index in [1.807, 2.05) is 0 Å². The summed E-state index contributed by atoms with van der Waals surface area (Å²) in [5, 5.41) is 0. The summed E-state index contributed by atoms with van der Waals surface area (Å²) < 4.78 is 0. The molecule has 1 aromatic rings. The van der Waals surface area contributed by atoms with Gasteiger partial charge in [0.25, 0.3) is 0 Å². The summed E-state index contributed by atoms with van der Waals surface area (Å²) in [6, 6.07) is 8.63. The lowest BCUT2D eigenvalue weighted by Crippen LogP contribution is -2.48. The topological polar surface area (TPSA) is 9.72 Å². The van der Waals surface area contributed by atoms with E-state index in [4.69, 9.17) is 11.6 Å². The highest BCUT2D eigenvalue weighted by Gasteiger charge is 2.16. The highest BCUT2D eigenvalue weighted by molar-refractivity contribution is 6.17. The van der Waals surface area contributed by atoms with Gasteiger partial charge in [0, 0.05) is 50.8 Å². The van der Waals surface area contributed by atoms with Gasteiger partial charge >= 0.3 is 0 Å². The van der Waals surface area contributed by atoms with Crippen molar-refractivity contribution >= 4 is 17.3 Å². The van der Waals surface area contributed by atoms with Crippen LogP contribution in [0.4, 0.5) is 5.69 Å². The standard InChI is InChI=1S/C15H24ClN3/c1-17(2)7-8-18-9-11-19(12-10-18)15-5-3-14(13-16)4-6-15/h3-6H,7-13H2,1-2H3. The summed E-state index contributed by atoms with van der Waals surface area (Å²) in [6.45, 7) is 6.87. The maximum absolute atomic E-state index is 5.82. The Bertz CT molecular complexity index is 369. The highest BCUT2D eigenvalue weighted by Crippen LogP contribution is 2.18. The maximum atomic E-state index is 5.82. The molecular weight excluding hydrogens is 258 g/mol. The number of piperazine rings is 1. The Hall–Kier alpha value is -0.770. The molecule has 0 unspecified atom stereocenters. The predicted molar refractivity (Wildman–Crippen MR) is 83.2 cm³/mol. The molecule has 0 N–H and O–H groups in total. The van der Waals surface area contributed by atoms with Crippen LogP contribution in [0, 0.1) is 0 Å². The van der Waals surface area contributed by atoms with Crippen molar-refractivity contribution < 1.29 is 0 Å². The maximum Gasteiger partial charge on any atom is 0.0474 e. The molecule has 0 aromatic heterocycles. The molecule has 19 heavy (non-hydrogen) atoms. The summed E-state index contributed by atoms with van der Waals surface area (Å²) in [5.74, 6) is 0.596. The van der Waals surface area contributed by atoms with Gasteiger partial charge in [-0.1, -0.05) is 12.1 Å². The zero-order chi connectivity index (χ0) is 13.7. The zero-order valence-electron chi connectivity index (χ0n) is 12.0. The van der Waals surface area contributed by atoms with Gasteiger partial charge in [0.2, 0.25) is 0 Å². The molecule has 1 saturated heterocycles. The molecule has 4 heteroatoms. The Labute approximate surface area is 121 Å². The lowest BCUT2D eigenvalue weighted by molar-refractivity contribution is 0.229. The van der Waals surface area contributed by atoms with Crippen molar-refractivity contribution in [2.24, 2.45) is 0 Å². The predicted octanol–water partition coefficient (Wildman–Crippen LogP) is 2.11. The van der Waals surface area contributed by atoms with Crippen LogP contribution in [0.2, 0.25) is 0 Å². The van der Waals surface area contributed by atoms with Crippen molar-refractivity contribution in [2.75, 3.05) is 58.3 Å². The first-order valence-corrected chi connectivity index (χ1v) is 7.49. The van der Waals surface area contributed by atoms with Crippen molar-refractivity contribution in [1.29, 1.82) is 0 Å². The van der Waals surface area contributed by atoms with E-state index in [0.29, 0.717) is 5.88 Å². The molecule has 0 atom stereocenters. The van der Waals surface area contributed by atoms with Gasteiger partial charge in [-0.25, -0.2) is 0 Å². The van der Waals surface area contributed by atoms with Crippen LogP contribution in [0.5, 0.6) is 0 Å². The van der Waals surface area contributed by atoms with Gasteiger partial charge < -0.3 is 9.80 Å². The summed E-state index contributed by atoms with van der Waals surface area (Å²) in [7, 11) is 4.27. The molecule has 0 spiro atoms. The van der Waals surface area contributed by atoms with Crippen molar-refractivity contribution in [1.82, 2.24) is 9.80 Å². The Kier molecular flexibility index (Phi) is 5.49. The molecule has 0 saturated carbocycles. The molecule has 0 radical (unpaired) electrons. The van der Waals surface area contributed by atoms with Gasteiger partial charge in [-0.2, -0.15) is 0 Å². The minimum atomic E-state index is 0.596. The van der Waals surface area contributed by atoms with Crippen LogP contribution in [0.25, 0.3) is 0 Å². The minimum absolute atomic E-state index is 0.596. The average Bonchev–Trinajstić information content (AvgIpc) is 2.46. The van der Waals surface area contributed by atoms with Crippen LogP contribution in [-0.4, -0.2) is 63.2 Å². The molecular formula is C15H24ClN3. The lowest BCUT2D eigenvalue weighted by Gasteiger charge is -2.36. The zero-order valence-corrected chi connectivity index (χ0v) is 12.7. The monoisotopic (exact) mass is 281 g/mol. The van der Waals surface area contributed by atoms with Gasteiger partial charge in [-0.3, -0.25) is 4.90 Å². The van der Waals surface area contributed by atoms with Gasteiger partial charge in [0.05, 0.1) is 0 Å². The third-order valence-corrected chi connectivity index (χ3v) is 4.00. The van der Waals surface area contributed by atoms with E-state index in [-0.39, 0.29) is 0 Å². The number of likely N-dealkylation sites (N-methyl/N-ethyl adjacent to an activating group) is 1. The molecule has 3 nitrogen and oxygen atoms in total. The van der Waals surface area contributed by atoms with Crippen molar-refractivity contribution in [2.45, 2.75) is 5.88 Å². The van der Waals surface area contributed by atoms with E-state index in [1.165, 1.54) is 17.8 Å². The number of nitrogens with zero attached hydrogens (tertiary/aromatic N) is 3. The summed E-state index contributed by atoms with van der Waals surface area (Å²) in [5.41, 5.74) is 2.51. The van der Waals surface area contributed by atoms with Crippen molar-refractivity contribution in [3.63, 3.8) is 0 Å². The number of rotatable bonds is 5. The van der Waals surface area contributed by atoms with Gasteiger partial charge in [0.15, 0.2) is 0 Å². The fourth-order valence-corrected chi connectivity index (χ4v) is 2.55. The second kappa shape index (κ2) is 7.13. The van der Waals surface area contributed by atoms with E-state index < -0.39 is 0 Å². The summed E-state index contributed by atoms with van der Waals surface area (Å²) in [6.07, 6.45) is 0. The largest absolute Gasteiger partial charge is 0.369 e. The van der Waals surface area contributed by atoms with Crippen LogP contribution in [0.15, 0.2) is 24.3 Å². The number of hydrogen-bond donors (Lipinski definition) is 0. The van der Waals surface area contributed by atoms with Crippen LogP contribution < -0.4 is 4.90 Å². The van der Waals surface area contributed by atoms with E-state index >= 15 is 0 Å². The number of halogens is 1. The molecule has 1 aliphatic heterocycles. The highest BCUT2D eigenvalue weighted by atomic mass is 35.5. The number of alkyl halides is 1. The molecule has 0 aliphatic carbocycles. The van der Waals surface area contributed by atoms with Gasteiger partial charge in [-0.15, -0.1) is 11.6 Å². The second-order valence-corrected chi connectivity index (χ2v) is 5.70. The smallest absolute Gasteiger partial charge is 0.0474 e. The fourth-order valence-electron chi connectivity index (χ4n) is 2.37. The summed E-state index contributed by atoms with van der Waals surface area (Å²) in [4.78, 5) is 7.26. The lowest BCUT2D eigenvalue weighted by atomic mass is 10.2. The van der Waals surface area contributed by atoms with E-state index in [0.717, 1.165) is 32.7 Å². The van der Waals surface area contributed by atoms with Gasteiger partial charge in [0.1, 0.15) is 0 Å². The van der Waals surface area contributed by atoms with Crippen molar-refractivity contribution in [3.05, 3.63) is 29.8 Å². The molecule has 0 amide bonds. The molecule has 106 valence electrons. The Morgan fingerprint density at radius 3 is 2.21 bits per heavy atom. The minimum Gasteiger partial charge on any atom is -0.369 e. The van der Waals surface area contributed by atoms with Gasteiger partial charge in [-0.05, 0) is 31.8 Å². The summed E-state index contributed by atoms with van der Waals surface area (Å²) >= 11 is 5.82. The second-order valence-electron chi connectivity index (χ2n) is 5.43. The Morgan fingerprint density at radius 1 is 1.05 bits per heavy atom. The number of hydrogen-bond acceptors (Lipinski definition) is 3. The first-order valence-electron chi connectivity index (χ1n) is 6.96. The van der Waals surface area contributed by atoms with Crippen LogP contribution in [0.1, 0.15) is 5.56 Å². The van der Waals surface area contributed by atoms with E-state index in [1.54, 1.807) is 0 Å². The number of anilines is 1. The van der Waals surface area contributed by atoms with Crippen LogP contribution >= 0.6 is 11.6 Å². The Balaban J connectivity index is 1.81. The van der Waals surface area contributed by atoms with Crippen LogP contribution in [0.3, 0.4) is 0 Å². The normalized spacial score (nSPS) is 17.2. The SMILES string of the molecule is CN(C)CCN1CCN(c2ccc(CCl)cc2)CC1. The third kappa shape index (κ3) is 4.37. The molecule has 1 heterocycles. The number of benzene rings is 1. The third-order valence-electron chi connectivity index (χ3n) is 3.69. The molecule has 1 aromatic carbocycles. The molecule has 1 fully saturated rings. The van der Waals surface area contributed by atoms with Crippen LogP contribution in [-0.2, 0) is 5.88 Å². The molecule has 1 aliphatic rings. The first kappa shape index (κ1) is 14.6. The van der Waals surface area contributed by atoms with E-state index in [9.17, 15) is 0 Å². The van der Waals surface area contributed by atoms with E-state index in [2.05, 4.69) is 53.1 Å². The molecule has 0 bridgehead atoms. The van der Waals surface area contributed by atoms with Crippen molar-refractivity contribution in [3.8, 4) is 0 Å². The first-order chi connectivity index (χ1) is 9.19.